The molecule has 0 radical (unpaired) electrons. The van der Waals surface area contributed by atoms with Gasteiger partial charge in [-0.15, -0.1) is 0 Å². The van der Waals surface area contributed by atoms with Gasteiger partial charge in [0.1, 0.15) is 12.4 Å². The minimum Gasteiger partial charge on any atom is -0.482 e. The van der Waals surface area contributed by atoms with E-state index in [1.807, 2.05) is 0 Å². The number of hydrogen-bond donors (Lipinski definition) is 0. The van der Waals surface area contributed by atoms with Gasteiger partial charge in [0.2, 0.25) is 11.6 Å². The zero-order valence-corrected chi connectivity index (χ0v) is 9.68. The Morgan fingerprint density at radius 1 is 1.16 bits per heavy atom. The maximum atomic E-state index is 13.3. The van der Waals surface area contributed by atoms with E-state index in [0.29, 0.717) is 6.07 Å². The summed E-state index contributed by atoms with van der Waals surface area (Å²) in [6.45, 7) is -0.00935. The Morgan fingerprint density at radius 3 is 2.47 bits per heavy atom. The molecule has 2 aromatic rings. The van der Waals surface area contributed by atoms with Crippen LogP contribution in [-0.2, 0) is 6.61 Å². The molecule has 2 rings (SSSR count). The van der Waals surface area contributed by atoms with Crippen molar-refractivity contribution in [3.05, 3.63) is 69.8 Å². The second-order valence-electron chi connectivity index (χ2n) is 3.77. The fourth-order valence-corrected chi connectivity index (χ4v) is 1.56. The van der Waals surface area contributed by atoms with E-state index in [1.54, 1.807) is 30.3 Å². The summed E-state index contributed by atoms with van der Waals surface area (Å²) in [5, 5.41) is 10.7. The molecule has 4 nitrogen and oxygen atoms in total. The number of nitro groups is 1. The van der Waals surface area contributed by atoms with Crippen LogP contribution in [0.3, 0.4) is 0 Å². The average molecular weight is 265 g/mol. The van der Waals surface area contributed by atoms with Gasteiger partial charge >= 0.3 is 5.69 Å². The fraction of sp³-hybridized carbons (Fsp3) is 0.0769. The van der Waals surface area contributed by atoms with E-state index in [0.717, 1.165) is 11.6 Å². The highest BCUT2D eigenvalue weighted by atomic mass is 19.1. The molecule has 0 aromatic heterocycles. The van der Waals surface area contributed by atoms with Crippen LogP contribution in [0.4, 0.5) is 14.5 Å². The van der Waals surface area contributed by atoms with Crippen LogP contribution in [0.5, 0.6) is 5.75 Å². The lowest BCUT2D eigenvalue weighted by molar-refractivity contribution is -0.388. The van der Waals surface area contributed by atoms with E-state index in [4.69, 9.17) is 4.74 Å². The first kappa shape index (κ1) is 12.9. The summed E-state index contributed by atoms with van der Waals surface area (Å²) in [6, 6.07) is 10.0. The van der Waals surface area contributed by atoms with Crippen LogP contribution in [0, 0.1) is 21.7 Å². The summed E-state index contributed by atoms with van der Waals surface area (Å²) in [4.78, 5) is 9.79. The number of rotatable bonds is 4. The Kier molecular flexibility index (Phi) is 3.70. The first-order valence-electron chi connectivity index (χ1n) is 5.38. The Morgan fingerprint density at radius 2 is 1.84 bits per heavy atom. The van der Waals surface area contributed by atoms with Gasteiger partial charge in [-0.05, 0) is 5.56 Å². The van der Waals surface area contributed by atoms with Gasteiger partial charge in [-0.1, -0.05) is 30.3 Å². The Balaban J connectivity index is 2.27. The summed E-state index contributed by atoms with van der Waals surface area (Å²) in [6.07, 6.45) is 0. The summed E-state index contributed by atoms with van der Waals surface area (Å²) in [5.41, 5.74) is -0.126. The van der Waals surface area contributed by atoms with Crippen molar-refractivity contribution in [1.82, 2.24) is 0 Å². The van der Waals surface area contributed by atoms with Crippen LogP contribution < -0.4 is 4.74 Å². The molecule has 0 atom stereocenters. The quantitative estimate of drug-likeness (QED) is 0.628. The molecule has 0 bridgehead atoms. The maximum absolute atomic E-state index is 13.3. The first-order valence-corrected chi connectivity index (χ1v) is 5.38. The van der Waals surface area contributed by atoms with Crippen molar-refractivity contribution < 1.29 is 18.4 Å². The lowest BCUT2D eigenvalue weighted by Gasteiger charge is -2.07. The van der Waals surface area contributed by atoms with Crippen molar-refractivity contribution in [2.75, 3.05) is 0 Å². The molecule has 0 amide bonds. The zero-order valence-electron chi connectivity index (χ0n) is 9.68. The van der Waals surface area contributed by atoms with Gasteiger partial charge in [-0.2, -0.15) is 4.39 Å². The van der Waals surface area contributed by atoms with E-state index < -0.39 is 28.0 Å². The Bertz CT molecular complexity index is 602. The van der Waals surface area contributed by atoms with E-state index in [2.05, 4.69) is 0 Å². The van der Waals surface area contributed by atoms with Crippen molar-refractivity contribution >= 4 is 5.69 Å². The van der Waals surface area contributed by atoms with E-state index in [-0.39, 0.29) is 6.61 Å². The number of nitro benzene ring substituents is 1. The Labute approximate surface area is 107 Å². The highest BCUT2D eigenvalue weighted by molar-refractivity contribution is 5.47. The molecule has 0 aliphatic rings. The molecule has 2 aromatic carbocycles. The molecule has 0 heterocycles. The van der Waals surface area contributed by atoms with Gasteiger partial charge in [0.25, 0.3) is 0 Å². The summed E-state index contributed by atoms with van der Waals surface area (Å²) >= 11 is 0. The number of nitrogens with zero attached hydrogens (tertiary/aromatic N) is 1. The van der Waals surface area contributed by atoms with Crippen LogP contribution in [0.1, 0.15) is 5.56 Å². The molecule has 98 valence electrons. The van der Waals surface area contributed by atoms with E-state index in [9.17, 15) is 18.9 Å². The molecule has 6 heteroatoms. The van der Waals surface area contributed by atoms with Crippen molar-refractivity contribution in [2.45, 2.75) is 6.61 Å². The largest absolute Gasteiger partial charge is 0.482 e. The van der Waals surface area contributed by atoms with Gasteiger partial charge in [0, 0.05) is 12.1 Å². The molecule has 0 aliphatic carbocycles. The van der Waals surface area contributed by atoms with Crippen molar-refractivity contribution in [3.8, 4) is 5.75 Å². The van der Waals surface area contributed by atoms with Gasteiger partial charge < -0.3 is 4.74 Å². The molecule has 0 N–H and O–H groups in total. The predicted molar refractivity (Wildman–Crippen MR) is 63.8 cm³/mol. The minimum absolute atomic E-state index is 0.00935. The first-order chi connectivity index (χ1) is 9.08. The van der Waals surface area contributed by atoms with Crippen molar-refractivity contribution in [2.24, 2.45) is 0 Å². The van der Waals surface area contributed by atoms with Crippen LogP contribution in [0.15, 0.2) is 42.5 Å². The molecule has 0 unspecified atom stereocenters. The second-order valence-corrected chi connectivity index (χ2v) is 3.77. The summed E-state index contributed by atoms with van der Waals surface area (Å²) < 4.78 is 31.5. The number of benzene rings is 2. The monoisotopic (exact) mass is 265 g/mol. The molecule has 0 aliphatic heterocycles. The van der Waals surface area contributed by atoms with E-state index >= 15 is 0 Å². The van der Waals surface area contributed by atoms with Crippen LogP contribution in [0.2, 0.25) is 0 Å². The zero-order chi connectivity index (χ0) is 13.8. The van der Waals surface area contributed by atoms with Crippen LogP contribution in [-0.4, -0.2) is 4.92 Å². The third kappa shape index (κ3) is 3.04. The molecular formula is C13H9F2NO3. The fourth-order valence-electron chi connectivity index (χ4n) is 1.56. The molecule has 0 saturated heterocycles. The third-order valence-corrected chi connectivity index (χ3v) is 2.41. The topological polar surface area (TPSA) is 52.4 Å². The van der Waals surface area contributed by atoms with Crippen LogP contribution in [0.25, 0.3) is 0 Å². The average Bonchev–Trinajstić information content (AvgIpc) is 2.36. The minimum atomic E-state index is -1.26. The number of halogens is 2. The SMILES string of the molecule is O=[N+]([O-])c1c(F)cc(F)cc1OCc1ccccc1. The molecule has 0 fully saturated rings. The molecule has 0 spiro atoms. The highest BCUT2D eigenvalue weighted by Gasteiger charge is 2.23. The number of hydrogen-bond acceptors (Lipinski definition) is 3. The highest BCUT2D eigenvalue weighted by Crippen LogP contribution is 2.31. The molecule has 0 saturated carbocycles. The smallest absolute Gasteiger partial charge is 0.346 e. The molecular weight excluding hydrogens is 256 g/mol. The standard InChI is InChI=1S/C13H9F2NO3/c14-10-6-11(15)13(16(17)18)12(7-10)19-8-9-4-2-1-3-5-9/h1-7H,8H2. The third-order valence-electron chi connectivity index (χ3n) is 2.41. The Hall–Kier alpha value is -2.50. The normalized spacial score (nSPS) is 10.2. The lowest BCUT2D eigenvalue weighted by Crippen LogP contribution is -2.02. The van der Waals surface area contributed by atoms with Gasteiger partial charge in [-0.25, -0.2) is 4.39 Å². The van der Waals surface area contributed by atoms with Gasteiger partial charge in [0.15, 0.2) is 0 Å². The van der Waals surface area contributed by atoms with Crippen molar-refractivity contribution in [1.29, 1.82) is 0 Å². The predicted octanol–water partition coefficient (Wildman–Crippen LogP) is 3.45. The van der Waals surface area contributed by atoms with E-state index in [1.165, 1.54) is 0 Å². The van der Waals surface area contributed by atoms with Crippen LogP contribution >= 0.6 is 0 Å². The molecule has 19 heavy (non-hydrogen) atoms. The summed E-state index contributed by atoms with van der Waals surface area (Å²) in [7, 11) is 0. The van der Waals surface area contributed by atoms with Crippen molar-refractivity contribution in [3.63, 3.8) is 0 Å². The van der Waals surface area contributed by atoms with Gasteiger partial charge in [0.05, 0.1) is 4.92 Å². The van der Waals surface area contributed by atoms with Gasteiger partial charge in [-0.3, -0.25) is 10.1 Å². The number of ether oxygens (including phenoxy) is 1. The lowest BCUT2D eigenvalue weighted by atomic mass is 10.2. The maximum Gasteiger partial charge on any atom is 0.346 e. The summed E-state index contributed by atoms with van der Waals surface area (Å²) in [5.74, 6) is -2.61. The second kappa shape index (κ2) is 5.43.